The standard InChI is InChI=1S/C12H13NO4S/c14-8-13-12(9-5-6-18(16,17)7-9)10-3-1-2-4-11(10)15/h1-4,9,12,15H,5-7H2. The summed E-state index contributed by atoms with van der Waals surface area (Å²) >= 11 is 0. The van der Waals surface area contributed by atoms with Crippen molar-refractivity contribution >= 4 is 15.9 Å². The number of rotatable bonds is 3. The molecule has 0 spiro atoms. The average molecular weight is 267 g/mol. The van der Waals surface area contributed by atoms with Crippen LogP contribution in [0.25, 0.3) is 0 Å². The predicted octanol–water partition coefficient (Wildman–Crippen LogP) is 1.20. The summed E-state index contributed by atoms with van der Waals surface area (Å²) in [6.07, 6.45) is 1.92. The largest absolute Gasteiger partial charge is 0.508 e. The highest BCUT2D eigenvalue weighted by molar-refractivity contribution is 7.91. The maximum absolute atomic E-state index is 11.5. The van der Waals surface area contributed by atoms with E-state index in [0.717, 1.165) is 0 Å². The molecular formula is C12H13NO4S. The Kier molecular flexibility index (Phi) is 3.50. The molecule has 96 valence electrons. The second-order valence-corrected chi connectivity index (χ2v) is 6.62. The lowest BCUT2D eigenvalue weighted by Crippen LogP contribution is -2.13. The highest BCUT2D eigenvalue weighted by atomic mass is 32.2. The molecule has 0 bridgehead atoms. The lowest BCUT2D eigenvalue weighted by molar-refractivity contribution is 0.429. The van der Waals surface area contributed by atoms with Crippen molar-refractivity contribution in [2.45, 2.75) is 12.5 Å². The van der Waals surface area contributed by atoms with Crippen molar-refractivity contribution in [3.63, 3.8) is 0 Å². The van der Waals surface area contributed by atoms with Crippen LogP contribution in [-0.4, -0.2) is 31.1 Å². The predicted molar refractivity (Wildman–Crippen MR) is 65.7 cm³/mol. The third-order valence-corrected chi connectivity index (χ3v) is 4.96. The van der Waals surface area contributed by atoms with Gasteiger partial charge in [0.25, 0.3) is 0 Å². The number of isocyanates is 1. The summed E-state index contributed by atoms with van der Waals surface area (Å²) in [4.78, 5) is 14.2. The van der Waals surface area contributed by atoms with Gasteiger partial charge in [-0.05, 0) is 12.5 Å². The SMILES string of the molecule is O=C=NC(c1ccccc1O)C1CCS(=O)(=O)C1. The Hall–Kier alpha value is -1.65. The second kappa shape index (κ2) is 4.92. The molecule has 1 saturated heterocycles. The van der Waals surface area contributed by atoms with Crippen LogP contribution in [0.5, 0.6) is 5.75 Å². The number of sulfone groups is 1. The minimum absolute atomic E-state index is 0.00280. The van der Waals surface area contributed by atoms with E-state index < -0.39 is 15.9 Å². The van der Waals surface area contributed by atoms with E-state index in [0.29, 0.717) is 12.0 Å². The molecule has 0 saturated carbocycles. The number of phenolic OH excluding ortho intramolecular Hbond substituents is 1. The van der Waals surface area contributed by atoms with E-state index in [2.05, 4.69) is 4.99 Å². The van der Waals surface area contributed by atoms with Crippen LogP contribution in [0.2, 0.25) is 0 Å². The number of nitrogens with zero attached hydrogens (tertiary/aromatic N) is 1. The summed E-state index contributed by atoms with van der Waals surface area (Å²) < 4.78 is 22.9. The van der Waals surface area contributed by atoms with Gasteiger partial charge in [-0.25, -0.2) is 13.2 Å². The summed E-state index contributed by atoms with van der Waals surface area (Å²) in [5.74, 6) is -0.150. The van der Waals surface area contributed by atoms with Gasteiger partial charge in [-0.15, -0.1) is 0 Å². The Morgan fingerprint density at radius 3 is 2.67 bits per heavy atom. The van der Waals surface area contributed by atoms with E-state index in [1.54, 1.807) is 18.2 Å². The summed E-state index contributed by atoms with van der Waals surface area (Å²) in [6.45, 7) is 0. The van der Waals surface area contributed by atoms with Gasteiger partial charge in [0.2, 0.25) is 6.08 Å². The van der Waals surface area contributed by atoms with E-state index in [1.165, 1.54) is 12.1 Å². The third kappa shape index (κ3) is 2.60. The van der Waals surface area contributed by atoms with E-state index >= 15 is 0 Å². The first-order chi connectivity index (χ1) is 8.53. The number of benzene rings is 1. The first-order valence-corrected chi connectivity index (χ1v) is 7.41. The van der Waals surface area contributed by atoms with Crippen molar-refractivity contribution < 1.29 is 18.3 Å². The van der Waals surface area contributed by atoms with Crippen LogP contribution in [0.1, 0.15) is 18.0 Å². The number of para-hydroxylation sites is 1. The molecule has 1 aromatic carbocycles. The zero-order chi connectivity index (χ0) is 13.2. The topological polar surface area (TPSA) is 83.8 Å². The van der Waals surface area contributed by atoms with Crippen molar-refractivity contribution in [2.24, 2.45) is 10.9 Å². The third-order valence-electron chi connectivity index (χ3n) is 3.16. The Bertz CT molecular complexity index is 590. The van der Waals surface area contributed by atoms with Gasteiger partial charge in [-0.3, -0.25) is 0 Å². The van der Waals surface area contributed by atoms with E-state index in [9.17, 15) is 18.3 Å². The quantitative estimate of drug-likeness (QED) is 0.659. The highest BCUT2D eigenvalue weighted by Crippen LogP contribution is 2.37. The Morgan fingerprint density at radius 1 is 1.39 bits per heavy atom. The van der Waals surface area contributed by atoms with Gasteiger partial charge < -0.3 is 5.11 Å². The second-order valence-electron chi connectivity index (χ2n) is 4.39. The van der Waals surface area contributed by atoms with Gasteiger partial charge in [0.15, 0.2) is 9.84 Å². The molecule has 1 aliphatic rings. The molecule has 1 heterocycles. The van der Waals surface area contributed by atoms with Gasteiger partial charge in [0.1, 0.15) is 5.75 Å². The zero-order valence-corrected chi connectivity index (χ0v) is 10.4. The lowest BCUT2D eigenvalue weighted by atomic mass is 9.92. The summed E-state index contributed by atoms with van der Waals surface area (Å²) in [7, 11) is -3.05. The molecule has 2 atom stereocenters. The van der Waals surface area contributed by atoms with Crippen molar-refractivity contribution in [3.8, 4) is 5.75 Å². The number of aromatic hydroxyl groups is 1. The summed E-state index contributed by atoms with van der Waals surface area (Å²) in [6, 6.07) is 5.87. The zero-order valence-electron chi connectivity index (χ0n) is 9.61. The molecule has 6 heteroatoms. The maximum atomic E-state index is 11.5. The Morgan fingerprint density at radius 2 is 2.11 bits per heavy atom. The average Bonchev–Trinajstić information content (AvgIpc) is 2.68. The number of phenols is 1. The van der Waals surface area contributed by atoms with Crippen LogP contribution < -0.4 is 0 Å². The first-order valence-electron chi connectivity index (χ1n) is 5.59. The normalized spacial score (nSPS) is 23.2. The first kappa shape index (κ1) is 12.8. The van der Waals surface area contributed by atoms with Crippen molar-refractivity contribution in [3.05, 3.63) is 29.8 Å². The van der Waals surface area contributed by atoms with Gasteiger partial charge in [-0.2, -0.15) is 4.99 Å². The minimum atomic E-state index is -3.05. The van der Waals surface area contributed by atoms with Crippen LogP contribution in [0.4, 0.5) is 0 Å². The number of carbonyl (C=O) groups excluding carboxylic acids is 1. The molecule has 5 nitrogen and oxygen atoms in total. The van der Waals surface area contributed by atoms with E-state index in [-0.39, 0.29) is 23.2 Å². The molecule has 2 unspecified atom stereocenters. The van der Waals surface area contributed by atoms with E-state index in [4.69, 9.17) is 0 Å². The molecule has 1 aliphatic heterocycles. The van der Waals surface area contributed by atoms with E-state index in [1.807, 2.05) is 0 Å². The van der Waals surface area contributed by atoms with Crippen molar-refractivity contribution in [1.29, 1.82) is 0 Å². The fourth-order valence-electron chi connectivity index (χ4n) is 2.30. The highest BCUT2D eigenvalue weighted by Gasteiger charge is 2.35. The van der Waals surface area contributed by atoms with Crippen molar-refractivity contribution in [1.82, 2.24) is 0 Å². The van der Waals surface area contributed by atoms with Gasteiger partial charge in [-0.1, -0.05) is 18.2 Å². The van der Waals surface area contributed by atoms with Crippen LogP contribution >= 0.6 is 0 Å². The molecule has 1 N–H and O–H groups in total. The number of hydrogen-bond acceptors (Lipinski definition) is 5. The summed E-state index contributed by atoms with van der Waals surface area (Å²) in [5, 5.41) is 9.76. The number of hydrogen-bond donors (Lipinski definition) is 1. The monoisotopic (exact) mass is 267 g/mol. The molecule has 0 radical (unpaired) electrons. The Balaban J connectivity index is 2.36. The van der Waals surface area contributed by atoms with Gasteiger partial charge in [0.05, 0.1) is 17.5 Å². The summed E-state index contributed by atoms with van der Waals surface area (Å²) in [5.41, 5.74) is 0.475. The van der Waals surface area contributed by atoms with Gasteiger partial charge in [0, 0.05) is 11.5 Å². The van der Waals surface area contributed by atoms with Gasteiger partial charge >= 0.3 is 0 Å². The molecule has 0 amide bonds. The molecule has 1 aromatic rings. The fraction of sp³-hybridized carbons (Fsp3) is 0.417. The molecule has 18 heavy (non-hydrogen) atoms. The van der Waals surface area contributed by atoms with Crippen molar-refractivity contribution in [2.75, 3.05) is 11.5 Å². The lowest BCUT2D eigenvalue weighted by Gasteiger charge is -2.17. The molecule has 0 aliphatic carbocycles. The Labute approximate surface area is 105 Å². The smallest absolute Gasteiger partial charge is 0.235 e. The molecule has 1 fully saturated rings. The maximum Gasteiger partial charge on any atom is 0.235 e. The number of aliphatic imine (C=N–C) groups is 1. The minimum Gasteiger partial charge on any atom is -0.508 e. The molecular weight excluding hydrogens is 254 g/mol. The molecule has 0 aromatic heterocycles. The van der Waals surface area contributed by atoms with Crippen LogP contribution in [-0.2, 0) is 14.6 Å². The van der Waals surface area contributed by atoms with Crippen LogP contribution in [0.3, 0.4) is 0 Å². The van der Waals surface area contributed by atoms with Crippen LogP contribution in [0.15, 0.2) is 29.3 Å². The van der Waals surface area contributed by atoms with Crippen LogP contribution in [0, 0.1) is 5.92 Å². The fourth-order valence-corrected chi connectivity index (χ4v) is 4.13. The molecule has 2 rings (SSSR count).